The quantitative estimate of drug-likeness (QED) is 0.421. The van der Waals surface area contributed by atoms with E-state index < -0.39 is 0 Å². The highest BCUT2D eigenvalue weighted by Crippen LogP contribution is 2.30. The third kappa shape index (κ3) is 5.56. The number of hydrazone groups is 1. The second kappa shape index (κ2) is 8.62. The topological polar surface area (TPSA) is 72.8 Å². The van der Waals surface area contributed by atoms with Crippen LogP contribution in [0.1, 0.15) is 31.0 Å². The molecule has 0 spiro atoms. The van der Waals surface area contributed by atoms with E-state index in [9.17, 15) is 4.79 Å². The molecule has 2 aromatic rings. The predicted octanol–water partition coefficient (Wildman–Crippen LogP) is 3.48. The Labute approximate surface area is 150 Å². The molecule has 6 nitrogen and oxygen atoms in total. The van der Waals surface area contributed by atoms with Crippen molar-refractivity contribution >= 4 is 28.7 Å². The Balaban J connectivity index is 1.54. The van der Waals surface area contributed by atoms with Gasteiger partial charge in [0.25, 0.3) is 0 Å². The highest BCUT2D eigenvalue weighted by molar-refractivity contribution is 7.13. The van der Waals surface area contributed by atoms with Crippen molar-refractivity contribution in [3.05, 3.63) is 40.9 Å². The van der Waals surface area contributed by atoms with Crippen LogP contribution in [0.2, 0.25) is 0 Å². The molecule has 1 fully saturated rings. The SMILES string of the molecule is CCOC(=O)Cc1csc(NN=Cc2ccccc2OCC2CC2)n1. The number of nitrogens with one attached hydrogen (secondary N) is 1. The fraction of sp³-hybridized carbons (Fsp3) is 0.389. The lowest BCUT2D eigenvalue weighted by atomic mass is 10.2. The Hall–Kier alpha value is -2.41. The molecule has 3 rings (SSSR count). The number of nitrogens with zero attached hydrogens (tertiary/aromatic N) is 2. The van der Waals surface area contributed by atoms with Crippen LogP contribution in [-0.4, -0.2) is 30.4 Å². The van der Waals surface area contributed by atoms with Gasteiger partial charge in [0.05, 0.1) is 31.5 Å². The molecule has 0 radical (unpaired) electrons. The smallest absolute Gasteiger partial charge is 0.311 e. The van der Waals surface area contributed by atoms with Crippen molar-refractivity contribution in [2.45, 2.75) is 26.2 Å². The molecule has 1 aliphatic rings. The summed E-state index contributed by atoms with van der Waals surface area (Å²) in [5, 5.41) is 6.67. The van der Waals surface area contributed by atoms with E-state index in [1.807, 2.05) is 29.6 Å². The number of hydrogen-bond acceptors (Lipinski definition) is 7. The molecule has 132 valence electrons. The van der Waals surface area contributed by atoms with E-state index in [1.54, 1.807) is 13.1 Å². The van der Waals surface area contributed by atoms with E-state index in [2.05, 4.69) is 15.5 Å². The number of hydrogen-bond donors (Lipinski definition) is 1. The van der Waals surface area contributed by atoms with Gasteiger partial charge >= 0.3 is 5.97 Å². The minimum atomic E-state index is -0.274. The zero-order valence-corrected chi connectivity index (χ0v) is 14.9. The van der Waals surface area contributed by atoms with Gasteiger partial charge in [-0.1, -0.05) is 12.1 Å². The maximum atomic E-state index is 11.5. The Bertz CT molecular complexity index is 741. The second-order valence-corrected chi connectivity index (χ2v) is 6.65. The van der Waals surface area contributed by atoms with Crippen LogP contribution in [-0.2, 0) is 16.0 Å². The van der Waals surface area contributed by atoms with E-state index in [4.69, 9.17) is 9.47 Å². The van der Waals surface area contributed by atoms with E-state index in [0.29, 0.717) is 23.4 Å². The zero-order chi connectivity index (χ0) is 17.5. The fourth-order valence-corrected chi connectivity index (χ4v) is 2.83. The van der Waals surface area contributed by atoms with Gasteiger partial charge in [-0.25, -0.2) is 4.98 Å². The molecule has 0 aliphatic heterocycles. The highest BCUT2D eigenvalue weighted by Gasteiger charge is 2.22. The largest absolute Gasteiger partial charge is 0.493 e. The zero-order valence-electron chi connectivity index (χ0n) is 14.1. The average Bonchev–Trinajstić information content (AvgIpc) is 3.34. The lowest BCUT2D eigenvalue weighted by Gasteiger charge is -2.07. The van der Waals surface area contributed by atoms with Gasteiger partial charge in [-0.2, -0.15) is 5.10 Å². The van der Waals surface area contributed by atoms with Crippen LogP contribution in [0.5, 0.6) is 5.75 Å². The number of carbonyl (C=O) groups is 1. The van der Waals surface area contributed by atoms with Gasteiger partial charge in [0, 0.05) is 10.9 Å². The number of para-hydroxylation sites is 1. The van der Waals surface area contributed by atoms with Gasteiger partial charge in [-0.15, -0.1) is 11.3 Å². The Morgan fingerprint density at radius 1 is 1.44 bits per heavy atom. The van der Waals surface area contributed by atoms with Crippen molar-refractivity contribution in [2.24, 2.45) is 11.0 Å². The minimum Gasteiger partial charge on any atom is -0.493 e. The number of esters is 1. The summed E-state index contributed by atoms with van der Waals surface area (Å²) in [4.78, 5) is 15.8. The van der Waals surface area contributed by atoms with Gasteiger partial charge in [-0.05, 0) is 37.8 Å². The molecule has 1 heterocycles. The molecule has 0 amide bonds. The molecule has 1 aliphatic carbocycles. The first kappa shape index (κ1) is 17.4. The van der Waals surface area contributed by atoms with Crippen LogP contribution in [0, 0.1) is 5.92 Å². The summed E-state index contributed by atoms with van der Waals surface area (Å²) >= 11 is 1.40. The first-order valence-electron chi connectivity index (χ1n) is 8.35. The van der Waals surface area contributed by atoms with Gasteiger partial charge in [0.15, 0.2) is 0 Å². The molecule has 1 aromatic heterocycles. The number of benzene rings is 1. The first-order chi connectivity index (χ1) is 12.2. The van der Waals surface area contributed by atoms with E-state index in [1.165, 1.54) is 24.2 Å². The lowest BCUT2D eigenvalue weighted by molar-refractivity contribution is -0.142. The lowest BCUT2D eigenvalue weighted by Crippen LogP contribution is -2.07. The molecule has 0 saturated heterocycles. The van der Waals surface area contributed by atoms with Crippen LogP contribution < -0.4 is 10.2 Å². The van der Waals surface area contributed by atoms with Crippen LogP contribution in [0.4, 0.5) is 5.13 Å². The number of thiazole rings is 1. The standard InChI is InChI=1S/C18H21N3O3S/c1-2-23-17(22)9-15-12-25-18(20-15)21-19-10-14-5-3-4-6-16(14)24-11-13-7-8-13/h3-6,10,12-13H,2,7-9,11H2,1H3,(H,20,21). The minimum absolute atomic E-state index is 0.174. The summed E-state index contributed by atoms with van der Waals surface area (Å²) in [5.74, 6) is 1.27. The Kier molecular flexibility index (Phi) is 6.00. The Morgan fingerprint density at radius 2 is 2.28 bits per heavy atom. The maximum absolute atomic E-state index is 11.5. The van der Waals surface area contributed by atoms with E-state index in [-0.39, 0.29) is 12.4 Å². The molecule has 1 saturated carbocycles. The monoisotopic (exact) mass is 359 g/mol. The number of ether oxygens (including phenoxy) is 2. The van der Waals surface area contributed by atoms with Crippen LogP contribution >= 0.6 is 11.3 Å². The first-order valence-corrected chi connectivity index (χ1v) is 9.23. The summed E-state index contributed by atoms with van der Waals surface area (Å²) in [7, 11) is 0. The van der Waals surface area contributed by atoms with Gasteiger partial charge in [0.2, 0.25) is 5.13 Å². The molecule has 1 N–H and O–H groups in total. The molecule has 25 heavy (non-hydrogen) atoms. The number of rotatable bonds is 9. The molecule has 1 aromatic carbocycles. The maximum Gasteiger partial charge on any atom is 0.311 e. The number of anilines is 1. The van der Waals surface area contributed by atoms with Crippen molar-refractivity contribution in [3.63, 3.8) is 0 Å². The van der Waals surface area contributed by atoms with Crippen LogP contribution in [0.25, 0.3) is 0 Å². The molecule has 7 heteroatoms. The fourth-order valence-electron chi connectivity index (χ4n) is 2.17. The van der Waals surface area contributed by atoms with Gasteiger partial charge < -0.3 is 9.47 Å². The third-order valence-corrected chi connectivity index (χ3v) is 4.43. The second-order valence-electron chi connectivity index (χ2n) is 5.79. The van der Waals surface area contributed by atoms with Crippen LogP contribution in [0.3, 0.4) is 0 Å². The predicted molar refractivity (Wildman–Crippen MR) is 98.3 cm³/mol. The molecule has 0 bridgehead atoms. The van der Waals surface area contributed by atoms with Crippen molar-refractivity contribution < 1.29 is 14.3 Å². The van der Waals surface area contributed by atoms with Crippen molar-refractivity contribution in [3.8, 4) is 5.75 Å². The number of aromatic nitrogens is 1. The average molecular weight is 359 g/mol. The summed E-state index contributed by atoms with van der Waals surface area (Å²) in [5.41, 5.74) is 4.48. The van der Waals surface area contributed by atoms with Crippen molar-refractivity contribution in [1.82, 2.24) is 4.98 Å². The molecule has 0 atom stereocenters. The highest BCUT2D eigenvalue weighted by atomic mass is 32.1. The van der Waals surface area contributed by atoms with Crippen LogP contribution in [0.15, 0.2) is 34.7 Å². The summed E-state index contributed by atoms with van der Waals surface area (Å²) in [6.45, 7) is 2.93. The normalized spacial score (nSPS) is 13.8. The third-order valence-electron chi connectivity index (χ3n) is 3.64. The number of carbonyl (C=O) groups excluding carboxylic acids is 1. The summed E-state index contributed by atoms with van der Waals surface area (Å²) in [6.07, 6.45) is 4.41. The Morgan fingerprint density at radius 3 is 3.08 bits per heavy atom. The molecule has 0 unspecified atom stereocenters. The van der Waals surface area contributed by atoms with Crippen molar-refractivity contribution in [2.75, 3.05) is 18.6 Å². The molecular formula is C18H21N3O3S. The molecular weight excluding hydrogens is 338 g/mol. The van der Waals surface area contributed by atoms with E-state index >= 15 is 0 Å². The van der Waals surface area contributed by atoms with Gasteiger partial charge in [-0.3, -0.25) is 10.2 Å². The summed E-state index contributed by atoms with van der Waals surface area (Å²) < 4.78 is 10.8. The van der Waals surface area contributed by atoms with Gasteiger partial charge in [0.1, 0.15) is 5.75 Å². The van der Waals surface area contributed by atoms with E-state index in [0.717, 1.165) is 17.9 Å². The summed E-state index contributed by atoms with van der Waals surface area (Å²) in [6, 6.07) is 7.81. The van der Waals surface area contributed by atoms with Crippen molar-refractivity contribution in [1.29, 1.82) is 0 Å².